The van der Waals surface area contributed by atoms with E-state index in [-0.39, 0.29) is 5.91 Å². The SMILES string of the molecule is COc1ccc(CNC(=O)[C@@H]2CCCC[C@H]2C(=O)O)cc1. The lowest BCUT2D eigenvalue weighted by atomic mass is 9.78. The zero-order valence-electron chi connectivity index (χ0n) is 12.2. The van der Waals surface area contributed by atoms with Gasteiger partial charge in [0.2, 0.25) is 5.91 Å². The first-order valence-electron chi connectivity index (χ1n) is 7.25. The highest BCUT2D eigenvalue weighted by Gasteiger charge is 2.35. The summed E-state index contributed by atoms with van der Waals surface area (Å²) in [5.74, 6) is -1.20. The molecule has 114 valence electrons. The molecular formula is C16H21NO4. The Morgan fingerprint density at radius 2 is 1.81 bits per heavy atom. The quantitative estimate of drug-likeness (QED) is 0.872. The lowest BCUT2D eigenvalue weighted by Gasteiger charge is -2.27. The third-order valence-corrected chi connectivity index (χ3v) is 4.05. The molecular weight excluding hydrogens is 270 g/mol. The van der Waals surface area contributed by atoms with Crippen LogP contribution < -0.4 is 10.1 Å². The highest BCUT2D eigenvalue weighted by Crippen LogP contribution is 2.30. The van der Waals surface area contributed by atoms with Crippen molar-refractivity contribution in [3.05, 3.63) is 29.8 Å². The summed E-state index contributed by atoms with van der Waals surface area (Å²) in [5, 5.41) is 12.1. The monoisotopic (exact) mass is 291 g/mol. The molecule has 1 aromatic carbocycles. The maximum atomic E-state index is 12.2. The minimum absolute atomic E-state index is 0.155. The van der Waals surface area contributed by atoms with E-state index < -0.39 is 17.8 Å². The molecule has 0 saturated heterocycles. The summed E-state index contributed by atoms with van der Waals surface area (Å²) < 4.78 is 5.08. The summed E-state index contributed by atoms with van der Waals surface area (Å²) in [5.41, 5.74) is 0.965. The second kappa shape index (κ2) is 7.11. The van der Waals surface area contributed by atoms with E-state index in [0.29, 0.717) is 19.4 Å². The first-order valence-corrected chi connectivity index (χ1v) is 7.25. The predicted octanol–water partition coefficient (Wildman–Crippen LogP) is 2.20. The van der Waals surface area contributed by atoms with E-state index in [2.05, 4.69) is 5.32 Å². The van der Waals surface area contributed by atoms with Crippen molar-refractivity contribution in [2.75, 3.05) is 7.11 Å². The molecule has 1 saturated carbocycles. The molecule has 2 rings (SSSR count). The van der Waals surface area contributed by atoms with Gasteiger partial charge in [-0.2, -0.15) is 0 Å². The first-order chi connectivity index (χ1) is 10.1. The van der Waals surface area contributed by atoms with E-state index in [1.165, 1.54) is 0 Å². The third-order valence-electron chi connectivity index (χ3n) is 4.05. The van der Waals surface area contributed by atoms with Crippen molar-refractivity contribution < 1.29 is 19.4 Å². The predicted molar refractivity (Wildman–Crippen MR) is 77.9 cm³/mol. The first kappa shape index (κ1) is 15.4. The summed E-state index contributed by atoms with van der Waals surface area (Å²) >= 11 is 0. The van der Waals surface area contributed by atoms with Crippen molar-refractivity contribution in [2.45, 2.75) is 32.2 Å². The molecule has 0 aliphatic heterocycles. The van der Waals surface area contributed by atoms with Crippen LogP contribution in [0.25, 0.3) is 0 Å². The summed E-state index contributed by atoms with van der Waals surface area (Å²) in [7, 11) is 1.60. The van der Waals surface area contributed by atoms with Crippen molar-refractivity contribution in [1.29, 1.82) is 0 Å². The van der Waals surface area contributed by atoms with Gasteiger partial charge in [-0.1, -0.05) is 25.0 Å². The van der Waals surface area contributed by atoms with Gasteiger partial charge >= 0.3 is 5.97 Å². The number of carboxylic acids is 1. The lowest BCUT2D eigenvalue weighted by Crippen LogP contribution is -2.39. The van der Waals surface area contributed by atoms with Gasteiger partial charge in [0.25, 0.3) is 0 Å². The van der Waals surface area contributed by atoms with Crippen molar-refractivity contribution in [1.82, 2.24) is 5.32 Å². The normalized spacial score (nSPS) is 21.6. The summed E-state index contributed by atoms with van der Waals surface area (Å²) in [6.45, 7) is 0.408. The Morgan fingerprint density at radius 1 is 1.19 bits per heavy atom. The standard InChI is InChI=1S/C16H21NO4/c1-21-12-8-6-11(7-9-12)10-17-15(18)13-4-2-3-5-14(13)16(19)20/h6-9,13-14H,2-5,10H2,1H3,(H,17,18)(H,19,20)/t13-,14-/m1/s1. The second-order valence-electron chi connectivity index (χ2n) is 5.40. The van der Waals surface area contributed by atoms with E-state index >= 15 is 0 Å². The number of carbonyl (C=O) groups is 2. The van der Waals surface area contributed by atoms with Crippen LogP contribution in [0.3, 0.4) is 0 Å². The van der Waals surface area contributed by atoms with Gasteiger partial charge in [-0.3, -0.25) is 9.59 Å². The maximum Gasteiger partial charge on any atom is 0.307 e. The van der Waals surface area contributed by atoms with Gasteiger partial charge in [-0.05, 0) is 30.5 Å². The molecule has 21 heavy (non-hydrogen) atoms. The number of amides is 1. The number of aliphatic carboxylic acids is 1. The van der Waals surface area contributed by atoms with Gasteiger partial charge in [0.1, 0.15) is 5.75 Å². The van der Waals surface area contributed by atoms with Crippen LogP contribution in [-0.4, -0.2) is 24.1 Å². The number of carboxylic acid groups (broad SMARTS) is 1. The highest BCUT2D eigenvalue weighted by molar-refractivity contribution is 5.84. The molecule has 2 N–H and O–H groups in total. The van der Waals surface area contributed by atoms with Crippen molar-refractivity contribution in [3.63, 3.8) is 0 Å². The Balaban J connectivity index is 1.91. The zero-order valence-corrected chi connectivity index (χ0v) is 12.2. The molecule has 1 amide bonds. The van der Waals surface area contributed by atoms with Crippen molar-refractivity contribution in [3.8, 4) is 5.75 Å². The number of hydrogen-bond donors (Lipinski definition) is 2. The van der Waals surface area contributed by atoms with Gasteiger partial charge in [-0.25, -0.2) is 0 Å². The number of carbonyl (C=O) groups excluding carboxylic acids is 1. The molecule has 5 heteroatoms. The van der Waals surface area contributed by atoms with E-state index in [0.717, 1.165) is 24.2 Å². The van der Waals surface area contributed by atoms with E-state index in [9.17, 15) is 14.7 Å². The highest BCUT2D eigenvalue weighted by atomic mass is 16.5. The number of nitrogens with one attached hydrogen (secondary N) is 1. The minimum Gasteiger partial charge on any atom is -0.497 e. The lowest BCUT2D eigenvalue weighted by molar-refractivity contribution is -0.148. The maximum absolute atomic E-state index is 12.2. The summed E-state index contributed by atoms with van der Waals surface area (Å²) in [4.78, 5) is 23.4. The van der Waals surface area contributed by atoms with Crippen LogP contribution in [0, 0.1) is 11.8 Å². The molecule has 0 heterocycles. The van der Waals surface area contributed by atoms with Crippen LogP contribution in [0.2, 0.25) is 0 Å². The Hall–Kier alpha value is -2.04. The number of ether oxygens (including phenoxy) is 1. The Labute approximate surface area is 124 Å². The fraction of sp³-hybridized carbons (Fsp3) is 0.500. The van der Waals surface area contributed by atoms with E-state index in [4.69, 9.17) is 4.74 Å². The molecule has 1 aliphatic rings. The molecule has 1 aliphatic carbocycles. The molecule has 1 aromatic rings. The molecule has 1 fully saturated rings. The van der Waals surface area contributed by atoms with Crippen molar-refractivity contribution >= 4 is 11.9 Å². The van der Waals surface area contributed by atoms with Gasteiger partial charge < -0.3 is 15.2 Å². The molecule has 0 aromatic heterocycles. The van der Waals surface area contributed by atoms with Crippen LogP contribution in [-0.2, 0) is 16.1 Å². The fourth-order valence-corrected chi connectivity index (χ4v) is 2.80. The van der Waals surface area contributed by atoms with Crippen LogP contribution in [0.5, 0.6) is 5.75 Å². The molecule has 0 spiro atoms. The third kappa shape index (κ3) is 3.97. The smallest absolute Gasteiger partial charge is 0.307 e. The molecule has 0 radical (unpaired) electrons. The van der Waals surface area contributed by atoms with Crippen LogP contribution in [0.15, 0.2) is 24.3 Å². The minimum atomic E-state index is -0.862. The molecule has 2 atom stereocenters. The van der Waals surface area contributed by atoms with E-state index in [1.54, 1.807) is 7.11 Å². The summed E-state index contributed by atoms with van der Waals surface area (Å²) in [6, 6.07) is 7.44. The van der Waals surface area contributed by atoms with Gasteiger partial charge in [0.15, 0.2) is 0 Å². The van der Waals surface area contributed by atoms with Crippen LogP contribution >= 0.6 is 0 Å². The van der Waals surface area contributed by atoms with Gasteiger partial charge in [-0.15, -0.1) is 0 Å². The molecule has 0 unspecified atom stereocenters. The van der Waals surface area contributed by atoms with Crippen molar-refractivity contribution in [2.24, 2.45) is 11.8 Å². The Kier molecular flexibility index (Phi) is 5.20. The average Bonchev–Trinajstić information content (AvgIpc) is 2.53. The second-order valence-corrected chi connectivity index (χ2v) is 5.40. The number of rotatable bonds is 5. The zero-order chi connectivity index (χ0) is 15.2. The number of methoxy groups -OCH3 is 1. The van der Waals surface area contributed by atoms with Crippen LogP contribution in [0.4, 0.5) is 0 Å². The largest absolute Gasteiger partial charge is 0.497 e. The number of hydrogen-bond acceptors (Lipinski definition) is 3. The van der Waals surface area contributed by atoms with Gasteiger partial charge in [0, 0.05) is 6.54 Å². The fourth-order valence-electron chi connectivity index (χ4n) is 2.80. The Bertz CT molecular complexity index is 498. The Morgan fingerprint density at radius 3 is 2.38 bits per heavy atom. The van der Waals surface area contributed by atoms with Crippen LogP contribution in [0.1, 0.15) is 31.2 Å². The topological polar surface area (TPSA) is 75.6 Å². The summed E-state index contributed by atoms with van der Waals surface area (Å²) in [6.07, 6.45) is 3.06. The van der Waals surface area contributed by atoms with E-state index in [1.807, 2.05) is 24.3 Å². The average molecular weight is 291 g/mol. The van der Waals surface area contributed by atoms with Gasteiger partial charge in [0.05, 0.1) is 18.9 Å². The molecule has 5 nitrogen and oxygen atoms in total. The molecule has 0 bridgehead atoms. The number of benzene rings is 1.